The molecule has 1 heterocycles. The monoisotopic (exact) mass is 233 g/mol. The van der Waals surface area contributed by atoms with Crippen LogP contribution in [0.3, 0.4) is 0 Å². The van der Waals surface area contributed by atoms with E-state index in [0.717, 1.165) is 12.1 Å². The van der Waals surface area contributed by atoms with E-state index in [1.807, 2.05) is 11.0 Å². The van der Waals surface area contributed by atoms with Gasteiger partial charge in [0, 0.05) is 19.6 Å². The molecule has 1 aliphatic heterocycles. The van der Waals surface area contributed by atoms with Crippen LogP contribution in [0, 0.1) is 17.1 Å². The van der Waals surface area contributed by atoms with Crippen LogP contribution >= 0.6 is 0 Å². The minimum Gasteiger partial charge on any atom is -0.354 e. The minimum atomic E-state index is -0.416. The number of nitrogens with one attached hydrogen (secondary N) is 1. The van der Waals surface area contributed by atoms with Crippen molar-refractivity contribution in [3.05, 3.63) is 35.1 Å². The smallest absolute Gasteiger partial charge is 0.234 e. The lowest BCUT2D eigenvalue weighted by atomic mass is 10.1. The van der Waals surface area contributed by atoms with Crippen molar-refractivity contribution in [1.29, 1.82) is 5.26 Å². The minimum absolute atomic E-state index is 0.0202. The average Bonchev–Trinajstić information content (AvgIpc) is 2.28. The Morgan fingerprint density at radius 3 is 3.00 bits per heavy atom. The second kappa shape index (κ2) is 4.93. The molecule has 0 radical (unpaired) electrons. The number of hydrogen-bond acceptors (Lipinski definition) is 3. The van der Waals surface area contributed by atoms with Gasteiger partial charge < -0.3 is 5.32 Å². The summed E-state index contributed by atoms with van der Waals surface area (Å²) in [6.07, 6.45) is 0. The summed E-state index contributed by atoms with van der Waals surface area (Å²) in [5.41, 5.74) is 1.03. The van der Waals surface area contributed by atoms with Crippen LogP contribution < -0.4 is 5.32 Å². The number of carbonyl (C=O) groups excluding carboxylic acids is 1. The normalized spacial score (nSPS) is 16.4. The van der Waals surface area contributed by atoms with Gasteiger partial charge >= 0.3 is 0 Å². The van der Waals surface area contributed by atoms with Crippen LogP contribution in [0.2, 0.25) is 0 Å². The van der Waals surface area contributed by atoms with E-state index in [9.17, 15) is 9.18 Å². The second-order valence-electron chi connectivity index (χ2n) is 4.02. The molecule has 0 saturated carbocycles. The first kappa shape index (κ1) is 11.6. The molecule has 0 unspecified atom stereocenters. The third-order valence-corrected chi connectivity index (χ3v) is 2.61. The molecule has 0 aliphatic carbocycles. The average molecular weight is 233 g/mol. The molecule has 0 aromatic heterocycles. The molecule has 1 fully saturated rings. The van der Waals surface area contributed by atoms with Gasteiger partial charge in [-0.2, -0.15) is 5.26 Å². The fourth-order valence-electron chi connectivity index (χ4n) is 1.89. The largest absolute Gasteiger partial charge is 0.354 e. The Morgan fingerprint density at radius 2 is 2.29 bits per heavy atom. The van der Waals surface area contributed by atoms with Crippen LogP contribution in [0.15, 0.2) is 18.2 Å². The Labute approximate surface area is 98.6 Å². The summed E-state index contributed by atoms with van der Waals surface area (Å²) in [6.45, 7) is 2.15. The highest BCUT2D eigenvalue weighted by Gasteiger charge is 2.16. The predicted octanol–water partition coefficient (Wildman–Crippen LogP) is 0.629. The van der Waals surface area contributed by atoms with E-state index in [1.54, 1.807) is 6.07 Å². The van der Waals surface area contributed by atoms with Gasteiger partial charge in [0.2, 0.25) is 5.91 Å². The highest BCUT2D eigenvalue weighted by atomic mass is 19.1. The third-order valence-electron chi connectivity index (χ3n) is 2.61. The van der Waals surface area contributed by atoms with Gasteiger partial charge in [-0.1, -0.05) is 0 Å². The number of benzene rings is 1. The van der Waals surface area contributed by atoms with E-state index < -0.39 is 5.82 Å². The van der Waals surface area contributed by atoms with Crippen LogP contribution in [0.5, 0.6) is 0 Å². The van der Waals surface area contributed by atoms with E-state index in [4.69, 9.17) is 5.26 Å². The molecule has 0 bridgehead atoms. The van der Waals surface area contributed by atoms with Gasteiger partial charge in [-0.05, 0) is 23.8 Å². The molecule has 4 nitrogen and oxygen atoms in total. The molecule has 1 aromatic rings. The highest BCUT2D eigenvalue weighted by molar-refractivity contribution is 5.78. The number of hydrogen-bond donors (Lipinski definition) is 1. The molecule has 1 amide bonds. The van der Waals surface area contributed by atoms with Crippen LogP contribution in [-0.2, 0) is 11.3 Å². The fourth-order valence-corrected chi connectivity index (χ4v) is 1.89. The molecule has 17 heavy (non-hydrogen) atoms. The molecular weight excluding hydrogens is 221 g/mol. The van der Waals surface area contributed by atoms with E-state index in [-0.39, 0.29) is 5.91 Å². The lowest BCUT2D eigenvalue weighted by molar-refractivity contribution is -0.124. The van der Waals surface area contributed by atoms with Crippen molar-refractivity contribution in [2.45, 2.75) is 6.54 Å². The summed E-state index contributed by atoms with van der Waals surface area (Å²) in [6, 6.07) is 6.16. The molecule has 1 saturated heterocycles. The Morgan fingerprint density at radius 1 is 1.47 bits per heavy atom. The SMILES string of the molecule is N#Cc1cc(F)cc(CN2CCNC(=O)C2)c1. The molecule has 0 spiro atoms. The first-order chi connectivity index (χ1) is 8.17. The Hall–Kier alpha value is -1.93. The Kier molecular flexibility index (Phi) is 3.35. The summed E-state index contributed by atoms with van der Waals surface area (Å²) in [5.74, 6) is -0.436. The van der Waals surface area contributed by atoms with Crippen molar-refractivity contribution in [1.82, 2.24) is 10.2 Å². The number of nitrogens with zero attached hydrogens (tertiary/aromatic N) is 2. The van der Waals surface area contributed by atoms with Crippen molar-refractivity contribution in [3.8, 4) is 6.07 Å². The van der Waals surface area contributed by atoms with Crippen molar-refractivity contribution < 1.29 is 9.18 Å². The first-order valence-corrected chi connectivity index (χ1v) is 5.36. The van der Waals surface area contributed by atoms with Crippen LogP contribution in [0.25, 0.3) is 0 Å². The summed E-state index contributed by atoms with van der Waals surface area (Å²) < 4.78 is 13.2. The lowest BCUT2D eigenvalue weighted by Crippen LogP contribution is -2.47. The van der Waals surface area contributed by atoms with Crippen LogP contribution in [-0.4, -0.2) is 30.4 Å². The summed E-state index contributed by atoms with van der Waals surface area (Å²) in [7, 11) is 0. The number of amides is 1. The maximum absolute atomic E-state index is 13.2. The van der Waals surface area contributed by atoms with E-state index in [0.29, 0.717) is 25.2 Å². The lowest BCUT2D eigenvalue weighted by Gasteiger charge is -2.26. The van der Waals surface area contributed by atoms with Crippen LogP contribution in [0.1, 0.15) is 11.1 Å². The van der Waals surface area contributed by atoms with Crippen LogP contribution in [0.4, 0.5) is 4.39 Å². The Balaban J connectivity index is 2.10. The molecule has 88 valence electrons. The zero-order valence-corrected chi connectivity index (χ0v) is 9.24. The van der Waals surface area contributed by atoms with E-state index >= 15 is 0 Å². The van der Waals surface area contributed by atoms with Gasteiger partial charge in [0.15, 0.2) is 0 Å². The third kappa shape index (κ3) is 3.02. The molecular formula is C12H12FN3O. The zero-order valence-electron chi connectivity index (χ0n) is 9.24. The highest BCUT2D eigenvalue weighted by Crippen LogP contribution is 2.11. The first-order valence-electron chi connectivity index (χ1n) is 5.36. The predicted molar refractivity (Wildman–Crippen MR) is 59.4 cm³/mol. The van der Waals surface area contributed by atoms with Crippen molar-refractivity contribution >= 4 is 5.91 Å². The standard InChI is InChI=1S/C12H12FN3O/c13-11-4-9(6-14)3-10(5-11)7-16-2-1-15-12(17)8-16/h3-5H,1-2,7-8H2,(H,15,17). The topological polar surface area (TPSA) is 56.1 Å². The van der Waals surface area contributed by atoms with Gasteiger partial charge in [0.05, 0.1) is 18.2 Å². The fraction of sp³-hybridized carbons (Fsp3) is 0.333. The maximum Gasteiger partial charge on any atom is 0.234 e. The van der Waals surface area contributed by atoms with E-state index in [2.05, 4.69) is 5.32 Å². The molecule has 1 N–H and O–H groups in total. The number of nitriles is 1. The summed E-state index contributed by atoms with van der Waals surface area (Å²) in [5, 5.41) is 11.5. The van der Waals surface area contributed by atoms with Gasteiger partial charge in [0.1, 0.15) is 5.82 Å². The summed E-state index contributed by atoms with van der Waals surface area (Å²) >= 11 is 0. The van der Waals surface area contributed by atoms with Crippen molar-refractivity contribution in [2.75, 3.05) is 19.6 Å². The van der Waals surface area contributed by atoms with Crippen molar-refractivity contribution in [2.24, 2.45) is 0 Å². The van der Waals surface area contributed by atoms with Gasteiger partial charge in [-0.3, -0.25) is 9.69 Å². The van der Waals surface area contributed by atoms with Gasteiger partial charge in [-0.25, -0.2) is 4.39 Å². The molecule has 1 aromatic carbocycles. The number of rotatable bonds is 2. The number of piperazine rings is 1. The molecule has 2 rings (SSSR count). The number of carbonyl (C=O) groups is 1. The zero-order chi connectivity index (χ0) is 12.3. The van der Waals surface area contributed by atoms with E-state index in [1.165, 1.54) is 12.1 Å². The molecule has 1 aliphatic rings. The Bertz CT molecular complexity index is 481. The van der Waals surface area contributed by atoms with Gasteiger partial charge in [-0.15, -0.1) is 0 Å². The van der Waals surface area contributed by atoms with Gasteiger partial charge in [0.25, 0.3) is 0 Å². The van der Waals surface area contributed by atoms with Crippen molar-refractivity contribution in [3.63, 3.8) is 0 Å². The number of halogens is 1. The molecule has 0 atom stereocenters. The maximum atomic E-state index is 13.2. The second-order valence-corrected chi connectivity index (χ2v) is 4.02. The molecule has 5 heteroatoms. The summed E-state index contributed by atoms with van der Waals surface area (Å²) in [4.78, 5) is 13.1. The quantitative estimate of drug-likeness (QED) is 0.815.